The van der Waals surface area contributed by atoms with Crippen molar-refractivity contribution in [3.63, 3.8) is 0 Å². The number of H-pyrrole nitrogens is 1. The van der Waals surface area contributed by atoms with Gasteiger partial charge in [0.2, 0.25) is 5.95 Å². The molecule has 2 aromatic heterocycles. The molecule has 0 aromatic carbocycles. The van der Waals surface area contributed by atoms with Crippen molar-refractivity contribution in [2.75, 3.05) is 12.4 Å². The van der Waals surface area contributed by atoms with Crippen LogP contribution in [0.4, 0.5) is 10.3 Å². The van der Waals surface area contributed by atoms with Crippen LogP contribution in [0.15, 0.2) is 21.2 Å². The number of anilines is 1. The molecule has 0 atom stereocenters. The minimum atomic E-state index is -0.565. The van der Waals surface area contributed by atoms with Gasteiger partial charge in [-0.05, 0) is 11.8 Å². The van der Waals surface area contributed by atoms with Gasteiger partial charge in [-0.3, -0.25) is 4.57 Å². The maximum absolute atomic E-state index is 13.4. The molecule has 0 saturated heterocycles. The van der Waals surface area contributed by atoms with E-state index in [0.29, 0.717) is 11.1 Å². The van der Waals surface area contributed by atoms with Crippen molar-refractivity contribution in [1.29, 1.82) is 0 Å². The zero-order valence-corrected chi connectivity index (χ0v) is 9.88. The molecule has 90 valence electrons. The Balaban J connectivity index is 2.35. The van der Waals surface area contributed by atoms with E-state index in [1.807, 2.05) is 0 Å². The summed E-state index contributed by atoms with van der Waals surface area (Å²) in [7, 11) is 3.16. The number of hydrogen-bond acceptors (Lipinski definition) is 6. The zero-order chi connectivity index (χ0) is 12.4. The Labute approximate surface area is 99.5 Å². The molecule has 0 saturated carbocycles. The zero-order valence-electron chi connectivity index (χ0n) is 9.06. The summed E-state index contributed by atoms with van der Waals surface area (Å²) in [6.07, 6.45) is 1.06. The normalized spacial score (nSPS) is 10.5. The summed E-state index contributed by atoms with van der Waals surface area (Å²) >= 11 is 0.946. The average molecular weight is 256 g/mol. The molecule has 2 rings (SSSR count). The highest BCUT2D eigenvalue weighted by Gasteiger charge is 2.12. The molecule has 0 bridgehead atoms. The summed E-state index contributed by atoms with van der Waals surface area (Å²) in [5, 5.41) is 9.14. The van der Waals surface area contributed by atoms with Gasteiger partial charge in [0, 0.05) is 14.1 Å². The molecular weight excluding hydrogens is 247 g/mol. The molecule has 0 aliphatic heterocycles. The van der Waals surface area contributed by atoms with Gasteiger partial charge in [0.1, 0.15) is 5.03 Å². The third kappa shape index (κ3) is 2.28. The second-order valence-electron chi connectivity index (χ2n) is 3.07. The minimum Gasteiger partial charge on any atom is -0.357 e. The topological polar surface area (TPSA) is 88.5 Å². The first-order valence-electron chi connectivity index (χ1n) is 4.61. The molecule has 0 aliphatic rings. The molecule has 0 unspecified atom stereocenters. The van der Waals surface area contributed by atoms with Gasteiger partial charge in [-0.1, -0.05) is 0 Å². The molecule has 2 aromatic rings. The smallest absolute Gasteiger partial charge is 0.343 e. The van der Waals surface area contributed by atoms with Crippen molar-refractivity contribution in [1.82, 2.24) is 24.7 Å². The number of nitrogens with one attached hydrogen (secondary N) is 2. The molecule has 2 heterocycles. The summed E-state index contributed by atoms with van der Waals surface area (Å²) in [6.45, 7) is 0. The van der Waals surface area contributed by atoms with E-state index < -0.39 is 5.82 Å². The van der Waals surface area contributed by atoms with Crippen LogP contribution in [0.2, 0.25) is 0 Å². The van der Waals surface area contributed by atoms with Crippen LogP contribution in [0, 0.1) is 5.82 Å². The van der Waals surface area contributed by atoms with E-state index in [9.17, 15) is 9.18 Å². The van der Waals surface area contributed by atoms with Crippen molar-refractivity contribution in [3.05, 3.63) is 22.5 Å². The van der Waals surface area contributed by atoms with E-state index in [4.69, 9.17) is 0 Å². The summed E-state index contributed by atoms with van der Waals surface area (Å²) in [6, 6.07) is 0. The van der Waals surface area contributed by atoms with Crippen LogP contribution in [0.1, 0.15) is 0 Å². The predicted molar refractivity (Wildman–Crippen MR) is 59.5 cm³/mol. The van der Waals surface area contributed by atoms with E-state index in [1.165, 1.54) is 11.6 Å². The fourth-order valence-electron chi connectivity index (χ4n) is 1.05. The van der Waals surface area contributed by atoms with Crippen LogP contribution < -0.4 is 11.0 Å². The SMILES string of the molecule is CNc1ncc(F)c(Sc2n[nH]c(=O)n2C)n1. The van der Waals surface area contributed by atoms with Crippen molar-refractivity contribution in [3.8, 4) is 0 Å². The summed E-state index contributed by atoms with van der Waals surface area (Å²) < 4.78 is 14.7. The van der Waals surface area contributed by atoms with Crippen LogP contribution >= 0.6 is 11.8 Å². The van der Waals surface area contributed by atoms with E-state index in [2.05, 4.69) is 25.5 Å². The number of rotatable bonds is 3. The van der Waals surface area contributed by atoms with Gasteiger partial charge < -0.3 is 5.32 Å². The van der Waals surface area contributed by atoms with Crippen molar-refractivity contribution in [2.24, 2.45) is 7.05 Å². The highest BCUT2D eigenvalue weighted by molar-refractivity contribution is 7.99. The Bertz CT molecular complexity index is 594. The lowest BCUT2D eigenvalue weighted by Gasteiger charge is -2.03. The van der Waals surface area contributed by atoms with Crippen LogP contribution in [-0.2, 0) is 7.05 Å². The summed E-state index contributed by atoms with van der Waals surface area (Å²) in [4.78, 5) is 18.8. The molecule has 7 nitrogen and oxygen atoms in total. The van der Waals surface area contributed by atoms with E-state index in [0.717, 1.165) is 18.0 Å². The molecule has 2 N–H and O–H groups in total. The molecule has 0 amide bonds. The Morgan fingerprint density at radius 2 is 2.35 bits per heavy atom. The van der Waals surface area contributed by atoms with Crippen LogP contribution in [0.3, 0.4) is 0 Å². The lowest BCUT2D eigenvalue weighted by molar-refractivity contribution is 0.579. The van der Waals surface area contributed by atoms with Crippen molar-refractivity contribution < 1.29 is 4.39 Å². The van der Waals surface area contributed by atoms with Crippen LogP contribution in [0.25, 0.3) is 0 Å². The van der Waals surface area contributed by atoms with Gasteiger partial charge in [0.25, 0.3) is 0 Å². The predicted octanol–water partition coefficient (Wildman–Crippen LogP) is 0.230. The summed E-state index contributed by atoms with van der Waals surface area (Å²) in [5.74, 6) is -0.265. The molecule has 0 aliphatic carbocycles. The number of aromatic nitrogens is 5. The number of aromatic amines is 1. The lowest BCUT2D eigenvalue weighted by Crippen LogP contribution is -2.13. The Morgan fingerprint density at radius 1 is 1.59 bits per heavy atom. The number of hydrogen-bond donors (Lipinski definition) is 2. The highest BCUT2D eigenvalue weighted by Crippen LogP contribution is 2.25. The molecule has 0 radical (unpaired) electrons. The van der Waals surface area contributed by atoms with Gasteiger partial charge in [0.15, 0.2) is 11.0 Å². The first-order valence-corrected chi connectivity index (χ1v) is 5.43. The maximum Gasteiger partial charge on any atom is 0.343 e. The fraction of sp³-hybridized carbons (Fsp3) is 0.250. The van der Waals surface area contributed by atoms with E-state index in [-0.39, 0.29) is 10.7 Å². The fourth-order valence-corrected chi connectivity index (χ4v) is 1.82. The number of halogens is 1. The monoisotopic (exact) mass is 256 g/mol. The van der Waals surface area contributed by atoms with Crippen LogP contribution in [0.5, 0.6) is 0 Å². The van der Waals surface area contributed by atoms with Crippen LogP contribution in [-0.4, -0.2) is 31.8 Å². The Kier molecular flexibility index (Phi) is 3.09. The Morgan fingerprint density at radius 3 is 2.94 bits per heavy atom. The maximum atomic E-state index is 13.4. The third-order valence-electron chi connectivity index (χ3n) is 1.96. The van der Waals surface area contributed by atoms with Crippen molar-refractivity contribution >= 4 is 17.7 Å². The minimum absolute atomic E-state index is 0.103. The standard InChI is InChI=1S/C8H9FN6OS/c1-10-6-11-3-4(9)5(12-6)17-8-14-13-7(16)15(8)2/h3H,1-2H3,(H,13,16)(H,10,11,12). The largest absolute Gasteiger partial charge is 0.357 e. The average Bonchev–Trinajstić information content (AvgIpc) is 2.64. The number of nitrogens with zero attached hydrogens (tertiary/aromatic N) is 4. The first-order chi connectivity index (χ1) is 8.11. The van der Waals surface area contributed by atoms with Gasteiger partial charge >= 0.3 is 5.69 Å². The quantitative estimate of drug-likeness (QED) is 0.764. The first kappa shape index (κ1) is 11.6. The molecule has 0 spiro atoms. The van der Waals surface area contributed by atoms with Crippen molar-refractivity contribution in [2.45, 2.75) is 10.2 Å². The van der Waals surface area contributed by atoms with Gasteiger partial charge in [-0.15, -0.1) is 5.10 Å². The van der Waals surface area contributed by atoms with Gasteiger partial charge in [0.05, 0.1) is 6.20 Å². The lowest BCUT2D eigenvalue weighted by atomic mass is 10.6. The third-order valence-corrected chi connectivity index (χ3v) is 2.99. The molecule has 0 fully saturated rings. The van der Waals surface area contributed by atoms with E-state index in [1.54, 1.807) is 7.05 Å². The molecule has 17 heavy (non-hydrogen) atoms. The van der Waals surface area contributed by atoms with E-state index >= 15 is 0 Å². The van der Waals surface area contributed by atoms with Gasteiger partial charge in [-0.25, -0.2) is 24.3 Å². The Hall–Kier alpha value is -1.90. The van der Waals surface area contributed by atoms with Gasteiger partial charge in [-0.2, -0.15) is 0 Å². The second-order valence-corrected chi connectivity index (χ2v) is 4.03. The highest BCUT2D eigenvalue weighted by atomic mass is 32.2. The molecule has 9 heteroatoms. The summed E-state index contributed by atoms with van der Waals surface area (Å²) in [5.41, 5.74) is -0.365. The second kappa shape index (κ2) is 4.53. The molecular formula is C8H9FN6OS.